The van der Waals surface area contributed by atoms with Crippen LogP contribution in [0.1, 0.15) is 22.7 Å². The standard InChI is InChI=1S/C15H17ClN2/c1-11-5-2-3-8-14(11)15(18-17)10-12-6-4-7-13(16)9-12/h2-9,15,18H,10,17H2,1H3. The van der Waals surface area contributed by atoms with E-state index in [1.807, 2.05) is 30.3 Å². The number of nitrogens with one attached hydrogen (secondary N) is 1. The van der Waals surface area contributed by atoms with Crippen molar-refractivity contribution in [2.75, 3.05) is 0 Å². The highest BCUT2D eigenvalue weighted by molar-refractivity contribution is 6.30. The SMILES string of the molecule is Cc1ccccc1C(Cc1cccc(Cl)c1)NN. The van der Waals surface area contributed by atoms with E-state index in [0.717, 1.165) is 11.4 Å². The second kappa shape index (κ2) is 6.01. The Hall–Kier alpha value is -1.35. The molecule has 18 heavy (non-hydrogen) atoms. The molecule has 0 spiro atoms. The minimum Gasteiger partial charge on any atom is -0.271 e. The summed E-state index contributed by atoms with van der Waals surface area (Å²) in [6.07, 6.45) is 0.821. The zero-order valence-corrected chi connectivity index (χ0v) is 11.1. The van der Waals surface area contributed by atoms with Gasteiger partial charge in [0.15, 0.2) is 0 Å². The number of aryl methyl sites for hydroxylation is 1. The largest absolute Gasteiger partial charge is 0.271 e. The molecular formula is C15H17ClN2. The maximum Gasteiger partial charge on any atom is 0.0502 e. The van der Waals surface area contributed by atoms with Gasteiger partial charge in [0.05, 0.1) is 6.04 Å². The van der Waals surface area contributed by atoms with Crippen molar-refractivity contribution in [2.45, 2.75) is 19.4 Å². The molecule has 0 amide bonds. The molecule has 0 fully saturated rings. The predicted molar refractivity (Wildman–Crippen MR) is 76.4 cm³/mol. The van der Waals surface area contributed by atoms with Crippen LogP contribution >= 0.6 is 11.6 Å². The Bertz CT molecular complexity index is 525. The number of benzene rings is 2. The molecule has 3 heteroatoms. The van der Waals surface area contributed by atoms with Crippen molar-refractivity contribution in [3.05, 3.63) is 70.2 Å². The third-order valence-corrected chi connectivity index (χ3v) is 3.33. The predicted octanol–water partition coefficient (Wildman–Crippen LogP) is 3.40. The molecule has 2 nitrogen and oxygen atoms in total. The van der Waals surface area contributed by atoms with Crippen LogP contribution in [-0.4, -0.2) is 0 Å². The topological polar surface area (TPSA) is 38.0 Å². The maximum atomic E-state index is 6.00. The van der Waals surface area contributed by atoms with Crippen LogP contribution in [0, 0.1) is 6.92 Å². The van der Waals surface area contributed by atoms with Gasteiger partial charge in [-0.15, -0.1) is 0 Å². The first-order valence-corrected chi connectivity index (χ1v) is 6.34. The molecule has 2 aromatic carbocycles. The van der Waals surface area contributed by atoms with Crippen molar-refractivity contribution in [3.8, 4) is 0 Å². The Morgan fingerprint density at radius 1 is 1.17 bits per heavy atom. The summed E-state index contributed by atoms with van der Waals surface area (Å²) in [6.45, 7) is 2.09. The van der Waals surface area contributed by atoms with Gasteiger partial charge in [0.1, 0.15) is 0 Å². The number of hydrazine groups is 1. The lowest BCUT2D eigenvalue weighted by atomic mass is 9.96. The average Bonchev–Trinajstić information content (AvgIpc) is 2.37. The third kappa shape index (κ3) is 3.10. The molecule has 2 aromatic rings. The molecule has 2 rings (SSSR count). The molecule has 1 unspecified atom stereocenters. The molecular weight excluding hydrogens is 244 g/mol. The highest BCUT2D eigenvalue weighted by Crippen LogP contribution is 2.22. The zero-order chi connectivity index (χ0) is 13.0. The van der Waals surface area contributed by atoms with E-state index in [2.05, 4.69) is 30.5 Å². The van der Waals surface area contributed by atoms with E-state index < -0.39 is 0 Å². The van der Waals surface area contributed by atoms with E-state index in [9.17, 15) is 0 Å². The fourth-order valence-corrected chi connectivity index (χ4v) is 2.35. The Kier molecular flexibility index (Phi) is 4.37. The van der Waals surface area contributed by atoms with Gasteiger partial charge in [-0.25, -0.2) is 0 Å². The normalized spacial score (nSPS) is 12.4. The van der Waals surface area contributed by atoms with Crippen LogP contribution in [0.2, 0.25) is 5.02 Å². The molecule has 0 aromatic heterocycles. The third-order valence-electron chi connectivity index (χ3n) is 3.09. The smallest absolute Gasteiger partial charge is 0.0502 e. The fourth-order valence-electron chi connectivity index (χ4n) is 2.14. The monoisotopic (exact) mass is 260 g/mol. The van der Waals surface area contributed by atoms with Gasteiger partial charge >= 0.3 is 0 Å². The van der Waals surface area contributed by atoms with Crippen molar-refractivity contribution in [1.82, 2.24) is 5.43 Å². The van der Waals surface area contributed by atoms with E-state index in [-0.39, 0.29) is 6.04 Å². The maximum absolute atomic E-state index is 6.00. The number of halogens is 1. The van der Waals surface area contributed by atoms with E-state index in [1.54, 1.807) is 0 Å². The molecule has 0 saturated heterocycles. The average molecular weight is 261 g/mol. The van der Waals surface area contributed by atoms with Crippen molar-refractivity contribution >= 4 is 11.6 Å². The van der Waals surface area contributed by atoms with Gasteiger partial charge in [0.2, 0.25) is 0 Å². The quantitative estimate of drug-likeness (QED) is 0.653. The second-order valence-electron chi connectivity index (χ2n) is 4.41. The molecule has 94 valence electrons. The Morgan fingerprint density at radius 3 is 2.61 bits per heavy atom. The van der Waals surface area contributed by atoms with Gasteiger partial charge in [-0.2, -0.15) is 0 Å². The van der Waals surface area contributed by atoms with Crippen LogP contribution in [0.5, 0.6) is 0 Å². The lowest BCUT2D eigenvalue weighted by Crippen LogP contribution is -2.30. The van der Waals surface area contributed by atoms with Crippen molar-refractivity contribution in [2.24, 2.45) is 5.84 Å². The fraction of sp³-hybridized carbons (Fsp3) is 0.200. The summed E-state index contributed by atoms with van der Waals surface area (Å²) in [7, 11) is 0. The van der Waals surface area contributed by atoms with E-state index >= 15 is 0 Å². The molecule has 0 bridgehead atoms. The molecule has 0 radical (unpaired) electrons. The molecule has 3 N–H and O–H groups in total. The lowest BCUT2D eigenvalue weighted by molar-refractivity contribution is 0.549. The summed E-state index contributed by atoms with van der Waals surface area (Å²) in [4.78, 5) is 0. The van der Waals surface area contributed by atoms with Crippen LogP contribution in [-0.2, 0) is 6.42 Å². The van der Waals surface area contributed by atoms with E-state index in [1.165, 1.54) is 16.7 Å². The number of nitrogens with two attached hydrogens (primary N) is 1. The summed E-state index contributed by atoms with van der Waals surface area (Å²) in [5, 5.41) is 0.757. The first kappa shape index (κ1) is 13.1. The van der Waals surface area contributed by atoms with Gasteiger partial charge < -0.3 is 0 Å². The first-order valence-electron chi connectivity index (χ1n) is 5.97. The molecule has 1 atom stereocenters. The van der Waals surface area contributed by atoms with Gasteiger partial charge in [-0.05, 0) is 42.2 Å². The molecule has 0 aliphatic heterocycles. The summed E-state index contributed by atoms with van der Waals surface area (Å²) in [5.74, 6) is 5.68. The highest BCUT2D eigenvalue weighted by atomic mass is 35.5. The minimum absolute atomic E-state index is 0.102. The van der Waals surface area contributed by atoms with E-state index in [0.29, 0.717) is 0 Å². The van der Waals surface area contributed by atoms with Gasteiger partial charge in [-0.1, -0.05) is 48.0 Å². The lowest BCUT2D eigenvalue weighted by Gasteiger charge is -2.18. The highest BCUT2D eigenvalue weighted by Gasteiger charge is 2.12. The van der Waals surface area contributed by atoms with Crippen molar-refractivity contribution in [1.29, 1.82) is 0 Å². The van der Waals surface area contributed by atoms with Crippen LogP contribution in [0.25, 0.3) is 0 Å². The summed E-state index contributed by atoms with van der Waals surface area (Å²) in [6, 6.07) is 16.2. The van der Waals surface area contributed by atoms with Gasteiger partial charge in [0.25, 0.3) is 0 Å². The summed E-state index contributed by atoms with van der Waals surface area (Å²) in [5.41, 5.74) is 6.52. The number of hydrogen-bond acceptors (Lipinski definition) is 2. The Balaban J connectivity index is 2.23. The minimum atomic E-state index is 0.102. The van der Waals surface area contributed by atoms with E-state index in [4.69, 9.17) is 17.4 Å². The van der Waals surface area contributed by atoms with Crippen molar-refractivity contribution in [3.63, 3.8) is 0 Å². The molecule has 0 aliphatic carbocycles. The first-order chi connectivity index (χ1) is 8.70. The Morgan fingerprint density at radius 2 is 1.94 bits per heavy atom. The van der Waals surface area contributed by atoms with Crippen LogP contribution in [0.15, 0.2) is 48.5 Å². The van der Waals surface area contributed by atoms with Crippen LogP contribution in [0.3, 0.4) is 0 Å². The van der Waals surface area contributed by atoms with Gasteiger partial charge in [0, 0.05) is 5.02 Å². The summed E-state index contributed by atoms with van der Waals surface area (Å²) >= 11 is 6.00. The van der Waals surface area contributed by atoms with Gasteiger partial charge in [-0.3, -0.25) is 11.3 Å². The molecule has 0 aliphatic rings. The Labute approximate surface area is 113 Å². The molecule has 0 heterocycles. The number of rotatable bonds is 4. The molecule has 0 saturated carbocycles. The zero-order valence-electron chi connectivity index (χ0n) is 10.4. The second-order valence-corrected chi connectivity index (χ2v) is 4.85. The van der Waals surface area contributed by atoms with Crippen LogP contribution in [0.4, 0.5) is 0 Å². The van der Waals surface area contributed by atoms with Crippen molar-refractivity contribution < 1.29 is 0 Å². The summed E-state index contributed by atoms with van der Waals surface area (Å²) < 4.78 is 0. The number of hydrogen-bond donors (Lipinski definition) is 2. The van der Waals surface area contributed by atoms with Crippen LogP contribution < -0.4 is 11.3 Å².